The number of amidine groups is 1. The highest BCUT2D eigenvalue weighted by atomic mass is 35.5. The summed E-state index contributed by atoms with van der Waals surface area (Å²) >= 11 is 6.12. The molecular weight excluding hydrogens is 220 g/mol. The third-order valence-electron chi connectivity index (χ3n) is 2.99. The fourth-order valence-corrected chi connectivity index (χ4v) is 2.19. The van der Waals surface area contributed by atoms with Crippen LogP contribution in [0, 0.1) is 6.92 Å². The molecule has 0 radical (unpaired) electrons. The molecule has 80 valence electrons. The first-order chi connectivity index (χ1) is 7.75. The van der Waals surface area contributed by atoms with Crippen LogP contribution in [-0.4, -0.2) is 10.7 Å². The number of nitrogens with zero attached hydrogens (tertiary/aromatic N) is 2. The second-order valence-corrected chi connectivity index (χ2v) is 4.38. The number of halogens is 1. The lowest BCUT2D eigenvalue weighted by Gasteiger charge is -2.28. The largest absolute Gasteiger partial charge is 0.329 e. The lowest BCUT2D eigenvalue weighted by Crippen LogP contribution is -2.28. The average Bonchev–Trinajstić information content (AvgIpc) is 2.32. The molecule has 0 N–H and O–H groups in total. The molecule has 3 heteroatoms. The molecule has 0 unspecified atom stereocenters. The Bertz CT molecular complexity index is 541. The molecule has 1 aromatic rings. The van der Waals surface area contributed by atoms with Crippen molar-refractivity contribution in [3.63, 3.8) is 0 Å². The minimum Gasteiger partial charge on any atom is -0.329 e. The van der Waals surface area contributed by atoms with Crippen LogP contribution in [0.15, 0.2) is 41.6 Å². The molecule has 0 saturated heterocycles. The van der Waals surface area contributed by atoms with Gasteiger partial charge in [0.05, 0.1) is 12.2 Å². The van der Waals surface area contributed by atoms with E-state index in [9.17, 15) is 0 Å². The van der Waals surface area contributed by atoms with Gasteiger partial charge in [-0.1, -0.05) is 17.7 Å². The van der Waals surface area contributed by atoms with E-state index in [1.54, 1.807) is 0 Å². The topological polar surface area (TPSA) is 15.6 Å². The Kier molecular flexibility index (Phi) is 2.11. The molecule has 0 aromatic heterocycles. The van der Waals surface area contributed by atoms with Crippen molar-refractivity contribution >= 4 is 23.1 Å². The van der Waals surface area contributed by atoms with Crippen molar-refractivity contribution in [2.24, 2.45) is 4.99 Å². The van der Waals surface area contributed by atoms with E-state index in [-0.39, 0.29) is 0 Å². The molecule has 2 heterocycles. The fourth-order valence-electron chi connectivity index (χ4n) is 2.01. The number of allylic oxidation sites excluding steroid dienone is 2. The van der Waals surface area contributed by atoms with Gasteiger partial charge in [-0.25, -0.2) is 4.99 Å². The van der Waals surface area contributed by atoms with Crippen molar-refractivity contribution in [2.75, 3.05) is 0 Å². The van der Waals surface area contributed by atoms with E-state index in [1.807, 2.05) is 43.5 Å². The highest BCUT2D eigenvalue weighted by Crippen LogP contribution is 2.33. The average molecular weight is 231 g/mol. The van der Waals surface area contributed by atoms with Crippen molar-refractivity contribution in [1.82, 2.24) is 4.90 Å². The maximum absolute atomic E-state index is 6.12. The van der Waals surface area contributed by atoms with Gasteiger partial charge in [-0.3, -0.25) is 0 Å². The first kappa shape index (κ1) is 9.67. The van der Waals surface area contributed by atoms with Gasteiger partial charge in [0.15, 0.2) is 0 Å². The molecule has 0 bridgehead atoms. The van der Waals surface area contributed by atoms with Crippen LogP contribution in [0.4, 0.5) is 5.69 Å². The minimum absolute atomic E-state index is 0.814. The molecule has 0 saturated carbocycles. The van der Waals surface area contributed by atoms with Gasteiger partial charge in [-0.15, -0.1) is 0 Å². The van der Waals surface area contributed by atoms with Crippen LogP contribution in [0.5, 0.6) is 0 Å². The Morgan fingerprint density at radius 1 is 1.31 bits per heavy atom. The van der Waals surface area contributed by atoms with Gasteiger partial charge in [-0.05, 0) is 36.8 Å². The minimum atomic E-state index is 0.814. The summed E-state index contributed by atoms with van der Waals surface area (Å²) in [4.78, 5) is 6.75. The Labute approximate surface area is 99.6 Å². The van der Waals surface area contributed by atoms with E-state index in [2.05, 4.69) is 9.89 Å². The van der Waals surface area contributed by atoms with Crippen molar-refractivity contribution in [1.29, 1.82) is 0 Å². The number of hydrogen-bond donors (Lipinski definition) is 0. The number of rotatable bonds is 0. The number of aliphatic imine (C=N–C) groups is 1. The van der Waals surface area contributed by atoms with E-state index >= 15 is 0 Å². The molecule has 0 fully saturated rings. The third-order valence-corrected chi connectivity index (χ3v) is 3.40. The van der Waals surface area contributed by atoms with E-state index in [1.165, 1.54) is 5.56 Å². The van der Waals surface area contributed by atoms with Gasteiger partial charge >= 0.3 is 0 Å². The molecule has 2 aliphatic rings. The SMILES string of the molecule is Cc1c(Cl)ccc2c1CN1C=CC=CC1=N2. The lowest BCUT2D eigenvalue weighted by molar-refractivity contribution is 0.542. The summed E-state index contributed by atoms with van der Waals surface area (Å²) < 4.78 is 0. The predicted octanol–water partition coefficient (Wildman–Crippen LogP) is 3.58. The maximum Gasteiger partial charge on any atom is 0.133 e. The smallest absolute Gasteiger partial charge is 0.133 e. The van der Waals surface area contributed by atoms with E-state index in [4.69, 9.17) is 11.6 Å². The summed E-state index contributed by atoms with van der Waals surface area (Å²) in [5.41, 5.74) is 3.38. The zero-order valence-corrected chi connectivity index (χ0v) is 9.70. The summed E-state index contributed by atoms with van der Waals surface area (Å²) in [7, 11) is 0. The molecule has 3 rings (SSSR count). The Morgan fingerprint density at radius 3 is 3.06 bits per heavy atom. The standard InChI is InChI=1S/C13H11ClN2/c1-9-10-8-16-7-3-2-4-13(16)15-12(10)6-5-11(9)14/h2-7H,8H2,1H3. The summed E-state index contributed by atoms with van der Waals surface area (Å²) in [6.45, 7) is 2.90. The first-order valence-electron chi connectivity index (χ1n) is 5.24. The summed E-state index contributed by atoms with van der Waals surface area (Å²) in [5.74, 6) is 0.997. The van der Waals surface area contributed by atoms with Crippen LogP contribution >= 0.6 is 11.6 Å². The zero-order valence-electron chi connectivity index (χ0n) is 8.94. The Hall–Kier alpha value is -1.54. The maximum atomic E-state index is 6.12. The monoisotopic (exact) mass is 230 g/mol. The third kappa shape index (κ3) is 1.38. The molecule has 0 aliphatic carbocycles. The van der Waals surface area contributed by atoms with Crippen molar-refractivity contribution in [2.45, 2.75) is 13.5 Å². The highest BCUT2D eigenvalue weighted by molar-refractivity contribution is 6.31. The van der Waals surface area contributed by atoms with E-state index in [0.29, 0.717) is 0 Å². The van der Waals surface area contributed by atoms with Crippen molar-refractivity contribution < 1.29 is 0 Å². The van der Waals surface area contributed by atoms with E-state index < -0.39 is 0 Å². The molecule has 1 aromatic carbocycles. The number of hydrogen-bond acceptors (Lipinski definition) is 2. The van der Waals surface area contributed by atoms with Crippen LogP contribution in [0.2, 0.25) is 5.02 Å². The second-order valence-electron chi connectivity index (χ2n) is 3.97. The molecule has 2 aliphatic heterocycles. The van der Waals surface area contributed by atoms with Crippen LogP contribution in [0.1, 0.15) is 11.1 Å². The molecule has 16 heavy (non-hydrogen) atoms. The molecule has 0 amide bonds. The predicted molar refractivity (Wildman–Crippen MR) is 67.1 cm³/mol. The van der Waals surface area contributed by atoms with Crippen LogP contribution in [0.25, 0.3) is 0 Å². The van der Waals surface area contributed by atoms with Gasteiger partial charge in [-0.2, -0.15) is 0 Å². The summed E-state index contributed by atoms with van der Waals surface area (Å²) in [6.07, 6.45) is 8.09. The van der Waals surface area contributed by atoms with Gasteiger partial charge < -0.3 is 4.90 Å². The number of fused-ring (bicyclic) bond motifs is 2. The molecule has 0 atom stereocenters. The van der Waals surface area contributed by atoms with Crippen molar-refractivity contribution in [3.8, 4) is 0 Å². The lowest BCUT2D eigenvalue weighted by atomic mass is 10.0. The zero-order chi connectivity index (χ0) is 11.1. The van der Waals surface area contributed by atoms with Crippen molar-refractivity contribution in [3.05, 3.63) is 52.7 Å². The molecular formula is C13H11ClN2. The van der Waals surface area contributed by atoms with Gasteiger partial charge in [0.1, 0.15) is 5.84 Å². The Balaban J connectivity index is 2.17. The van der Waals surface area contributed by atoms with Gasteiger partial charge in [0, 0.05) is 16.8 Å². The fraction of sp³-hybridized carbons (Fsp3) is 0.154. The van der Waals surface area contributed by atoms with Gasteiger partial charge in [0.2, 0.25) is 0 Å². The summed E-state index contributed by atoms with van der Waals surface area (Å²) in [6, 6.07) is 3.90. The highest BCUT2D eigenvalue weighted by Gasteiger charge is 2.19. The van der Waals surface area contributed by atoms with Gasteiger partial charge in [0.25, 0.3) is 0 Å². The summed E-state index contributed by atoms with van der Waals surface area (Å²) in [5, 5.41) is 0.814. The second kappa shape index (κ2) is 3.49. The normalized spacial score (nSPS) is 16.9. The molecule has 0 spiro atoms. The quantitative estimate of drug-likeness (QED) is 0.665. The van der Waals surface area contributed by atoms with Crippen LogP contribution in [0.3, 0.4) is 0 Å². The first-order valence-corrected chi connectivity index (χ1v) is 5.62. The van der Waals surface area contributed by atoms with Crippen LogP contribution in [-0.2, 0) is 6.54 Å². The van der Waals surface area contributed by atoms with Crippen LogP contribution < -0.4 is 0 Å². The Morgan fingerprint density at radius 2 is 2.19 bits per heavy atom. The molecule has 2 nitrogen and oxygen atoms in total. The number of benzene rings is 1. The van der Waals surface area contributed by atoms with E-state index in [0.717, 1.165) is 28.7 Å².